The minimum Gasteiger partial charge on any atom is -0.462 e. The van der Waals surface area contributed by atoms with Crippen LogP contribution in [0, 0.1) is 0 Å². The van der Waals surface area contributed by atoms with E-state index in [1.807, 2.05) is 0 Å². The average Bonchev–Trinajstić information content (AvgIpc) is 2.43. The largest absolute Gasteiger partial charge is 0.462 e. The van der Waals surface area contributed by atoms with Gasteiger partial charge >= 0.3 is 12.0 Å². The molecule has 0 fully saturated rings. The van der Waals surface area contributed by atoms with Crippen molar-refractivity contribution in [2.45, 2.75) is 13.5 Å². The van der Waals surface area contributed by atoms with E-state index in [0.717, 1.165) is 5.56 Å². The summed E-state index contributed by atoms with van der Waals surface area (Å²) >= 11 is 0. The van der Waals surface area contributed by atoms with Gasteiger partial charge in [-0.15, -0.1) is 0 Å². The zero-order valence-electron chi connectivity index (χ0n) is 11.1. The summed E-state index contributed by atoms with van der Waals surface area (Å²) in [5.74, 6) is -0.347. The molecule has 0 heterocycles. The van der Waals surface area contributed by atoms with Crippen LogP contribution in [0.5, 0.6) is 0 Å². The zero-order valence-corrected chi connectivity index (χ0v) is 11.1. The van der Waals surface area contributed by atoms with E-state index in [-0.39, 0.29) is 18.7 Å². The SMILES string of the molecule is CCOC(=O)c1ccc(CNC(=O)NCOC)cc1. The number of carbonyl (C=O) groups excluding carboxylic acids is 2. The summed E-state index contributed by atoms with van der Waals surface area (Å²) in [6, 6.07) is 6.56. The standard InChI is InChI=1S/C13H18N2O4/c1-3-19-12(16)11-6-4-10(5-7-11)8-14-13(17)15-9-18-2/h4-7H,3,8-9H2,1-2H3,(H2,14,15,17). The van der Waals surface area contributed by atoms with Gasteiger partial charge in [-0.05, 0) is 24.6 Å². The van der Waals surface area contributed by atoms with Crippen molar-refractivity contribution < 1.29 is 19.1 Å². The van der Waals surface area contributed by atoms with Crippen molar-refractivity contribution in [2.75, 3.05) is 20.4 Å². The maximum atomic E-state index is 11.4. The molecule has 0 saturated carbocycles. The Balaban J connectivity index is 2.44. The highest BCUT2D eigenvalue weighted by atomic mass is 16.5. The number of amides is 2. The Labute approximate surface area is 112 Å². The van der Waals surface area contributed by atoms with E-state index in [0.29, 0.717) is 18.7 Å². The lowest BCUT2D eigenvalue weighted by Gasteiger charge is -2.07. The second-order valence-electron chi connectivity index (χ2n) is 3.71. The van der Waals surface area contributed by atoms with E-state index in [1.165, 1.54) is 7.11 Å². The fourth-order valence-corrected chi connectivity index (χ4v) is 1.36. The van der Waals surface area contributed by atoms with E-state index in [4.69, 9.17) is 9.47 Å². The fraction of sp³-hybridized carbons (Fsp3) is 0.385. The van der Waals surface area contributed by atoms with Gasteiger partial charge in [0.2, 0.25) is 0 Å². The molecule has 2 amide bonds. The number of ether oxygens (including phenoxy) is 2. The predicted molar refractivity (Wildman–Crippen MR) is 69.6 cm³/mol. The summed E-state index contributed by atoms with van der Waals surface area (Å²) in [7, 11) is 1.49. The highest BCUT2D eigenvalue weighted by Crippen LogP contribution is 2.05. The molecule has 0 atom stereocenters. The van der Waals surface area contributed by atoms with Gasteiger partial charge in [0.05, 0.1) is 12.2 Å². The van der Waals surface area contributed by atoms with Gasteiger partial charge in [-0.2, -0.15) is 0 Å². The van der Waals surface area contributed by atoms with E-state index < -0.39 is 0 Å². The number of hydrogen-bond acceptors (Lipinski definition) is 4. The molecule has 6 nitrogen and oxygen atoms in total. The monoisotopic (exact) mass is 266 g/mol. The molecule has 19 heavy (non-hydrogen) atoms. The highest BCUT2D eigenvalue weighted by molar-refractivity contribution is 5.89. The van der Waals surface area contributed by atoms with Crippen molar-refractivity contribution in [3.63, 3.8) is 0 Å². The molecule has 104 valence electrons. The summed E-state index contributed by atoms with van der Waals surface area (Å²) in [6.07, 6.45) is 0. The first-order chi connectivity index (χ1) is 9.17. The Morgan fingerprint density at radius 1 is 1.16 bits per heavy atom. The van der Waals surface area contributed by atoms with Crippen molar-refractivity contribution in [1.29, 1.82) is 0 Å². The van der Waals surface area contributed by atoms with Gasteiger partial charge in [0, 0.05) is 13.7 Å². The summed E-state index contributed by atoms with van der Waals surface area (Å²) in [4.78, 5) is 22.7. The Morgan fingerprint density at radius 3 is 2.42 bits per heavy atom. The summed E-state index contributed by atoms with van der Waals surface area (Å²) < 4.78 is 9.58. The van der Waals surface area contributed by atoms with Gasteiger partial charge < -0.3 is 20.1 Å². The molecule has 0 bridgehead atoms. The summed E-state index contributed by atoms with van der Waals surface area (Å²) in [5.41, 5.74) is 1.38. The number of nitrogens with one attached hydrogen (secondary N) is 2. The third-order valence-corrected chi connectivity index (χ3v) is 2.30. The molecular formula is C13H18N2O4. The molecule has 0 aliphatic heterocycles. The molecule has 0 aliphatic carbocycles. The van der Waals surface area contributed by atoms with Crippen molar-refractivity contribution in [2.24, 2.45) is 0 Å². The Hall–Kier alpha value is -2.08. The average molecular weight is 266 g/mol. The van der Waals surface area contributed by atoms with Gasteiger partial charge in [0.1, 0.15) is 6.73 Å². The number of esters is 1. The lowest BCUT2D eigenvalue weighted by molar-refractivity contribution is 0.0526. The third-order valence-electron chi connectivity index (χ3n) is 2.30. The fourth-order valence-electron chi connectivity index (χ4n) is 1.36. The maximum absolute atomic E-state index is 11.4. The molecule has 0 unspecified atom stereocenters. The Morgan fingerprint density at radius 2 is 1.84 bits per heavy atom. The van der Waals surface area contributed by atoms with E-state index in [2.05, 4.69) is 10.6 Å². The molecule has 0 spiro atoms. The molecule has 6 heteroatoms. The molecule has 0 aromatic heterocycles. The second-order valence-corrected chi connectivity index (χ2v) is 3.71. The molecular weight excluding hydrogens is 248 g/mol. The van der Waals surface area contributed by atoms with Gasteiger partial charge in [-0.1, -0.05) is 12.1 Å². The van der Waals surface area contributed by atoms with Crippen LogP contribution in [-0.4, -0.2) is 32.4 Å². The first kappa shape index (κ1) is 15.0. The van der Waals surface area contributed by atoms with Crippen LogP contribution in [0.4, 0.5) is 4.79 Å². The van der Waals surface area contributed by atoms with Crippen LogP contribution in [0.2, 0.25) is 0 Å². The second kappa shape index (κ2) is 8.10. The van der Waals surface area contributed by atoms with E-state index >= 15 is 0 Å². The molecule has 1 aromatic carbocycles. The highest BCUT2D eigenvalue weighted by Gasteiger charge is 2.06. The first-order valence-corrected chi connectivity index (χ1v) is 5.94. The van der Waals surface area contributed by atoms with Gasteiger partial charge in [0.15, 0.2) is 0 Å². The van der Waals surface area contributed by atoms with Crippen LogP contribution in [0.25, 0.3) is 0 Å². The van der Waals surface area contributed by atoms with Gasteiger partial charge in [-0.3, -0.25) is 0 Å². The number of hydrogen-bond donors (Lipinski definition) is 2. The number of rotatable bonds is 6. The van der Waals surface area contributed by atoms with Crippen LogP contribution < -0.4 is 10.6 Å². The van der Waals surface area contributed by atoms with Crippen molar-refractivity contribution in [3.05, 3.63) is 35.4 Å². The number of benzene rings is 1. The Kier molecular flexibility index (Phi) is 6.38. The lowest BCUT2D eigenvalue weighted by atomic mass is 10.1. The van der Waals surface area contributed by atoms with Gasteiger partial charge in [-0.25, -0.2) is 9.59 Å². The summed E-state index contributed by atoms with van der Waals surface area (Å²) in [6.45, 7) is 2.64. The smallest absolute Gasteiger partial charge is 0.338 e. The van der Waals surface area contributed by atoms with Crippen molar-refractivity contribution in [1.82, 2.24) is 10.6 Å². The molecule has 1 aromatic rings. The first-order valence-electron chi connectivity index (χ1n) is 5.94. The Bertz CT molecular complexity index is 417. The van der Waals surface area contributed by atoms with Crippen LogP contribution in [0.1, 0.15) is 22.8 Å². The minimum absolute atomic E-state index is 0.160. The normalized spacial score (nSPS) is 9.79. The van der Waals surface area contributed by atoms with Crippen molar-refractivity contribution >= 4 is 12.0 Å². The van der Waals surface area contributed by atoms with Crippen LogP contribution >= 0.6 is 0 Å². The molecule has 0 radical (unpaired) electrons. The van der Waals surface area contributed by atoms with E-state index in [9.17, 15) is 9.59 Å². The van der Waals surface area contributed by atoms with Crippen molar-refractivity contribution in [3.8, 4) is 0 Å². The zero-order chi connectivity index (χ0) is 14.1. The topological polar surface area (TPSA) is 76.7 Å². The number of urea groups is 1. The maximum Gasteiger partial charge on any atom is 0.338 e. The molecule has 0 aliphatic rings. The third kappa shape index (κ3) is 5.39. The minimum atomic E-state index is -0.347. The quantitative estimate of drug-likeness (QED) is 0.600. The van der Waals surface area contributed by atoms with Crippen LogP contribution in [0.15, 0.2) is 24.3 Å². The van der Waals surface area contributed by atoms with Crippen LogP contribution in [0.3, 0.4) is 0 Å². The molecule has 2 N–H and O–H groups in total. The van der Waals surface area contributed by atoms with Crippen LogP contribution in [-0.2, 0) is 16.0 Å². The predicted octanol–water partition coefficient (Wildman–Crippen LogP) is 1.27. The molecule has 1 rings (SSSR count). The van der Waals surface area contributed by atoms with Gasteiger partial charge in [0.25, 0.3) is 0 Å². The summed E-state index contributed by atoms with van der Waals surface area (Å²) in [5, 5.41) is 5.16. The van der Waals surface area contributed by atoms with E-state index in [1.54, 1.807) is 31.2 Å². The lowest BCUT2D eigenvalue weighted by Crippen LogP contribution is -2.36. The number of methoxy groups -OCH3 is 1. The number of carbonyl (C=O) groups is 2. The molecule has 0 saturated heterocycles.